The summed E-state index contributed by atoms with van der Waals surface area (Å²) in [5.74, 6) is -0.00244. The van der Waals surface area contributed by atoms with E-state index in [-0.39, 0.29) is 5.91 Å². The molecule has 4 rings (SSSR count). The molecule has 0 radical (unpaired) electrons. The molecule has 5 heteroatoms. The zero-order valence-electron chi connectivity index (χ0n) is 15.6. The Hall–Kier alpha value is -2.66. The van der Waals surface area contributed by atoms with Gasteiger partial charge in [0.2, 0.25) is 5.91 Å². The molecular weight excluding hydrogens is 336 g/mol. The standard InChI is InChI=1S/C22H26N4O/c27-22(24-23-21-11-10-18-6-4-5-9-20(18)21)12-13-25-14-16-26(17-15-25)19-7-2-1-3-8-19/h1-9H,10-17H2,(H,24,27)/b23-21+. The monoisotopic (exact) mass is 362 g/mol. The second-order valence-electron chi connectivity index (χ2n) is 7.16. The maximum absolute atomic E-state index is 12.2. The van der Waals surface area contributed by atoms with Gasteiger partial charge in [-0.2, -0.15) is 5.10 Å². The highest BCUT2D eigenvalue weighted by atomic mass is 16.2. The van der Waals surface area contributed by atoms with Crippen molar-refractivity contribution in [1.29, 1.82) is 0 Å². The van der Waals surface area contributed by atoms with Crippen molar-refractivity contribution in [3.05, 3.63) is 65.7 Å². The molecule has 1 aliphatic carbocycles. The second-order valence-corrected chi connectivity index (χ2v) is 7.16. The summed E-state index contributed by atoms with van der Waals surface area (Å²) in [5.41, 5.74) is 7.52. The molecule has 1 saturated heterocycles. The topological polar surface area (TPSA) is 47.9 Å². The van der Waals surface area contributed by atoms with Gasteiger partial charge in [-0.1, -0.05) is 42.5 Å². The van der Waals surface area contributed by atoms with Crippen molar-refractivity contribution in [1.82, 2.24) is 10.3 Å². The minimum absolute atomic E-state index is 0.00244. The summed E-state index contributed by atoms with van der Waals surface area (Å²) in [4.78, 5) is 16.9. The first-order valence-corrected chi connectivity index (χ1v) is 9.75. The summed E-state index contributed by atoms with van der Waals surface area (Å²) in [6.45, 7) is 4.78. The summed E-state index contributed by atoms with van der Waals surface area (Å²) >= 11 is 0. The van der Waals surface area contributed by atoms with E-state index in [4.69, 9.17) is 0 Å². The molecule has 1 fully saturated rings. The van der Waals surface area contributed by atoms with E-state index in [1.807, 2.05) is 12.1 Å². The molecular formula is C22H26N4O. The number of hydrazone groups is 1. The summed E-state index contributed by atoms with van der Waals surface area (Å²) in [5, 5.41) is 4.37. The van der Waals surface area contributed by atoms with Gasteiger partial charge in [-0.25, -0.2) is 5.43 Å². The Balaban J connectivity index is 1.21. The fraction of sp³-hybridized carbons (Fsp3) is 0.364. The molecule has 140 valence electrons. The van der Waals surface area contributed by atoms with E-state index in [1.165, 1.54) is 16.8 Å². The third-order valence-electron chi connectivity index (χ3n) is 5.42. The number of amides is 1. The number of rotatable bonds is 5. The van der Waals surface area contributed by atoms with Crippen LogP contribution in [0.3, 0.4) is 0 Å². The highest BCUT2D eigenvalue weighted by Crippen LogP contribution is 2.21. The van der Waals surface area contributed by atoms with Gasteiger partial charge in [-0.3, -0.25) is 9.69 Å². The molecule has 0 atom stereocenters. The molecule has 0 bridgehead atoms. The zero-order valence-corrected chi connectivity index (χ0v) is 15.6. The quantitative estimate of drug-likeness (QED) is 0.832. The number of aryl methyl sites for hydroxylation is 1. The van der Waals surface area contributed by atoms with Crippen LogP contribution in [0.2, 0.25) is 0 Å². The van der Waals surface area contributed by atoms with Gasteiger partial charge in [-0.05, 0) is 30.5 Å². The fourth-order valence-corrected chi connectivity index (χ4v) is 3.84. The third-order valence-corrected chi connectivity index (χ3v) is 5.42. The van der Waals surface area contributed by atoms with Crippen LogP contribution in [0.1, 0.15) is 24.0 Å². The average molecular weight is 362 g/mol. The van der Waals surface area contributed by atoms with Gasteiger partial charge in [0.15, 0.2) is 0 Å². The minimum atomic E-state index is -0.00244. The first-order chi connectivity index (χ1) is 13.3. The fourth-order valence-electron chi connectivity index (χ4n) is 3.84. The molecule has 0 aromatic heterocycles. The average Bonchev–Trinajstić information content (AvgIpc) is 3.15. The van der Waals surface area contributed by atoms with Crippen molar-refractivity contribution in [2.24, 2.45) is 5.10 Å². The maximum atomic E-state index is 12.2. The van der Waals surface area contributed by atoms with E-state index in [9.17, 15) is 4.79 Å². The number of carbonyl (C=O) groups excluding carboxylic acids is 1. The molecule has 0 saturated carbocycles. The van der Waals surface area contributed by atoms with Crippen LogP contribution in [0.15, 0.2) is 59.7 Å². The number of piperazine rings is 1. The number of nitrogens with one attached hydrogen (secondary N) is 1. The van der Waals surface area contributed by atoms with Crippen molar-refractivity contribution in [3.63, 3.8) is 0 Å². The molecule has 5 nitrogen and oxygen atoms in total. The van der Waals surface area contributed by atoms with Crippen LogP contribution >= 0.6 is 0 Å². The summed E-state index contributed by atoms with van der Waals surface area (Å²) in [7, 11) is 0. The van der Waals surface area contributed by atoms with Crippen LogP contribution in [0.4, 0.5) is 5.69 Å². The molecule has 1 N–H and O–H groups in total. The van der Waals surface area contributed by atoms with Crippen molar-refractivity contribution < 1.29 is 4.79 Å². The maximum Gasteiger partial charge on any atom is 0.241 e. The van der Waals surface area contributed by atoms with Crippen molar-refractivity contribution >= 4 is 17.3 Å². The molecule has 1 amide bonds. The molecule has 2 aliphatic rings. The summed E-state index contributed by atoms with van der Waals surface area (Å²) in [6.07, 6.45) is 2.40. The summed E-state index contributed by atoms with van der Waals surface area (Å²) < 4.78 is 0. The SMILES string of the molecule is O=C(CCN1CCN(c2ccccc2)CC1)N/N=C1\CCc2ccccc21. The van der Waals surface area contributed by atoms with Crippen LogP contribution < -0.4 is 10.3 Å². The van der Waals surface area contributed by atoms with E-state index < -0.39 is 0 Å². The van der Waals surface area contributed by atoms with E-state index >= 15 is 0 Å². The van der Waals surface area contributed by atoms with Crippen LogP contribution in [-0.2, 0) is 11.2 Å². The Morgan fingerprint density at radius 2 is 1.67 bits per heavy atom. The lowest BCUT2D eigenvalue weighted by molar-refractivity contribution is -0.121. The lowest BCUT2D eigenvalue weighted by Gasteiger charge is -2.36. The third kappa shape index (κ3) is 4.37. The Labute approximate surface area is 160 Å². The van der Waals surface area contributed by atoms with E-state index in [0.29, 0.717) is 6.42 Å². The van der Waals surface area contributed by atoms with Crippen LogP contribution in [0.5, 0.6) is 0 Å². The lowest BCUT2D eigenvalue weighted by atomic mass is 10.1. The largest absolute Gasteiger partial charge is 0.369 e. The number of nitrogens with zero attached hydrogens (tertiary/aromatic N) is 3. The van der Waals surface area contributed by atoms with Gasteiger partial charge >= 0.3 is 0 Å². The van der Waals surface area contributed by atoms with Crippen molar-refractivity contribution in [2.45, 2.75) is 19.3 Å². The number of anilines is 1. The molecule has 0 spiro atoms. The number of carbonyl (C=O) groups is 1. The van der Waals surface area contributed by atoms with Gasteiger partial charge in [0.05, 0.1) is 5.71 Å². The van der Waals surface area contributed by atoms with Crippen molar-refractivity contribution in [3.8, 4) is 0 Å². The van der Waals surface area contributed by atoms with E-state index in [2.05, 4.69) is 62.8 Å². The zero-order chi connectivity index (χ0) is 18.5. The highest BCUT2D eigenvalue weighted by Gasteiger charge is 2.19. The molecule has 2 aromatic carbocycles. The van der Waals surface area contributed by atoms with Crippen LogP contribution in [-0.4, -0.2) is 49.2 Å². The first-order valence-electron chi connectivity index (χ1n) is 9.75. The van der Waals surface area contributed by atoms with Crippen molar-refractivity contribution in [2.75, 3.05) is 37.6 Å². The molecule has 2 aromatic rings. The molecule has 1 aliphatic heterocycles. The summed E-state index contributed by atoms with van der Waals surface area (Å²) in [6, 6.07) is 18.8. The normalized spacial score (nSPS) is 18.5. The van der Waals surface area contributed by atoms with Gasteiger partial charge in [0.25, 0.3) is 0 Å². The Bertz CT molecular complexity index is 810. The number of para-hydroxylation sites is 1. The van der Waals surface area contributed by atoms with Crippen LogP contribution in [0.25, 0.3) is 0 Å². The number of hydrogen-bond acceptors (Lipinski definition) is 4. The lowest BCUT2D eigenvalue weighted by Crippen LogP contribution is -2.47. The number of fused-ring (bicyclic) bond motifs is 1. The number of benzene rings is 2. The Kier molecular flexibility index (Phi) is 5.49. The Morgan fingerprint density at radius 3 is 2.48 bits per heavy atom. The van der Waals surface area contributed by atoms with Gasteiger partial charge in [0.1, 0.15) is 0 Å². The Morgan fingerprint density at radius 1 is 0.926 bits per heavy atom. The highest BCUT2D eigenvalue weighted by molar-refractivity contribution is 6.04. The molecule has 0 unspecified atom stereocenters. The van der Waals surface area contributed by atoms with Gasteiger partial charge < -0.3 is 4.90 Å². The molecule has 1 heterocycles. The number of hydrogen-bond donors (Lipinski definition) is 1. The first kappa shape index (κ1) is 17.7. The second kappa shape index (κ2) is 8.35. The smallest absolute Gasteiger partial charge is 0.241 e. The minimum Gasteiger partial charge on any atom is -0.369 e. The van der Waals surface area contributed by atoms with E-state index in [0.717, 1.165) is 51.3 Å². The predicted molar refractivity (Wildman–Crippen MR) is 109 cm³/mol. The van der Waals surface area contributed by atoms with E-state index in [1.54, 1.807) is 0 Å². The predicted octanol–water partition coefficient (Wildman–Crippen LogP) is 2.67. The van der Waals surface area contributed by atoms with Crippen LogP contribution in [0, 0.1) is 0 Å². The van der Waals surface area contributed by atoms with Gasteiger partial charge in [-0.15, -0.1) is 0 Å². The molecule has 27 heavy (non-hydrogen) atoms. The van der Waals surface area contributed by atoms with Gasteiger partial charge in [0, 0.05) is 50.4 Å².